The maximum Gasteiger partial charge on any atom is 0.247 e. The van der Waals surface area contributed by atoms with Crippen molar-refractivity contribution in [2.45, 2.75) is 18.4 Å². The van der Waals surface area contributed by atoms with Gasteiger partial charge in [-0.3, -0.25) is 4.79 Å². The average Bonchev–Trinajstić information content (AvgIpc) is 2.81. The van der Waals surface area contributed by atoms with E-state index < -0.39 is 22.5 Å². The Balaban J connectivity index is 1.97. The molecular weight excluding hydrogens is 464 g/mol. The van der Waals surface area contributed by atoms with Crippen LogP contribution in [0.3, 0.4) is 0 Å². The highest BCUT2D eigenvalue weighted by Gasteiger charge is 2.30. The lowest BCUT2D eigenvalue weighted by atomic mass is 10.2. The molecule has 0 aliphatic rings. The van der Waals surface area contributed by atoms with E-state index in [1.807, 2.05) is 25.1 Å². The summed E-state index contributed by atoms with van der Waals surface area (Å²) in [5, 5.41) is 3.22. The summed E-state index contributed by atoms with van der Waals surface area (Å²) in [4.78, 5) is 12.8. The molecule has 0 fully saturated rings. The van der Waals surface area contributed by atoms with Gasteiger partial charge in [-0.1, -0.05) is 48.0 Å². The second kappa shape index (κ2) is 10.7. The number of hydrogen-bond donors (Lipinski definition) is 1. The first kappa shape index (κ1) is 24.6. The first-order valence-electron chi connectivity index (χ1n) is 10.1. The molecule has 0 aromatic heterocycles. The monoisotopic (exact) mass is 488 g/mol. The van der Waals surface area contributed by atoms with Gasteiger partial charge in [0.2, 0.25) is 15.9 Å². The van der Waals surface area contributed by atoms with Crippen molar-refractivity contribution in [3.05, 3.63) is 82.9 Å². The van der Waals surface area contributed by atoms with Gasteiger partial charge in [0.25, 0.3) is 0 Å². The molecule has 0 saturated heterocycles. The fourth-order valence-electron chi connectivity index (χ4n) is 3.22. The molecule has 0 atom stereocenters. The smallest absolute Gasteiger partial charge is 0.247 e. The summed E-state index contributed by atoms with van der Waals surface area (Å²) in [5.74, 6) is 0.00901. The Kier molecular flexibility index (Phi) is 7.97. The molecule has 1 N–H and O–H groups in total. The molecule has 0 unspecified atom stereocenters. The minimum Gasteiger partial charge on any atom is -0.497 e. The topological polar surface area (TPSA) is 84.9 Å². The first-order chi connectivity index (χ1) is 15.7. The van der Waals surface area contributed by atoms with Crippen LogP contribution in [0, 0.1) is 6.92 Å². The number of ether oxygens (including phenoxy) is 2. The van der Waals surface area contributed by atoms with Crippen LogP contribution in [-0.4, -0.2) is 39.4 Å². The van der Waals surface area contributed by atoms with Crippen LogP contribution in [-0.2, 0) is 21.4 Å². The molecule has 0 aliphatic heterocycles. The van der Waals surface area contributed by atoms with Crippen molar-refractivity contribution in [2.75, 3.05) is 26.1 Å². The summed E-state index contributed by atoms with van der Waals surface area (Å²) < 4.78 is 39.0. The molecule has 33 heavy (non-hydrogen) atoms. The molecule has 3 aromatic rings. The van der Waals surface area contributed by atoms with Crippen molar-refractivity contribution in [2.24, 2.45) is 0 Å². The van der Waals surface area contributed by atoms with Crippen LogP contribution in [0.15, 0.2) is 71.6 Å². The third-order valence-corrected chi connectivity index (χ3v) is 7.03. The van der Waals surface area contributed by atoms with Gasteiger partial charge in [0.05, 0.1) is 20.8 Å². The summed E-state index contributed by atoms with van der Waals surface area (Å²) in [6.07, 6.45) is 0. The van der Waals surface area contributed by atoms with Crippen LogP contribution in [0.25, 0.3) is 0 Å². The molecule has 0 bridgehead atoms. The number of amides is 1. The maximum atomic E-state index is 13.7. The van der Waals surface area contributed by atoms with Crippen LogP contribution in [0.4, 0.5) is 5.69 Å². The summed E-state index contributed by atoms with van der Waals surface area (Å²) in [6, 6.07) is 18.7. The molecule has 9 heteroatoms. The highest BCUT2D eigenvalue weighted by Crippen LogP contribution is 2.31. The van der Waals surface area contributed by atoms with Crippen molar-refractivity contribution < 1.29 is 22.7 Å². The molecule has 3 rings (SSSR count). The van der Waals surface area contributed by atoms with E-state index in [-0.39, 0.29) is 17.2 Å². The van der Waals surface area contributed by atoms with Gasteiger partial charge in [0.15, 0.2) is 0 Å². The molecule has 0 aliphatic carbocycles. The average molecular weight is 489 g/mol. The van der Waals surface area contributed by atoms with E-state index in [1.165, 1.54) is 26.4 Å². The lowest BCUT2D eigenvalue weighted by molar-refractivity contribution is -0.116. The van der Waals surface area contributed by atoms with Crippen LogP contribution >= 0.6 is 11.6 Å². The number of methoxy groups -OCH3 is 2. The quantitative estimate of drug-likeness (QED) is 0.479. The van der Waals surface area contributed by atoms with Crippen LogP contribution < -0.4 is 14.8 Å². The van der Waals surface area contributed by atoms with Crippen LogP contribution in [0.1, 0.15) is 11.1 Å². The molecule has 174 valence electrons. The lowest BCUT2D eigenvalue weighted by Crippen LogP contribution is -2.37. The van der Waals surface area contributed by atoms with Crippen molar-refractivity contribution in [1.29, 1.82) is 0 Å². The number of anilines is 1. The Morgan fingerprint density at radius 2 is 1.73 bits per heavy atom. The van der Waals surface area contributed by atoms with Gasteiger partial charge in [-0.15, -0.1) is 0 Å². The Bertz CT molecular complexity index is 1230. The van der Waals surface area contributed by atoms with Crippen molar-refractivity contribution in [3.63, 3.8) is 0 Å². The summed E-state index contributed by atoms with van der Waals surface area (Å²) in [7, 11) is -1.31. The number of aryl methyl sites for hydroxylation is 1. The van der Waals surface area contributed by atoms with Gasteiger partial charge in [0, 0.05) is 23.3 Å². The minimum absolute atomic E-state index is 0.00845. The predicted molar refractivity (Wildman–Crippen MR) is 128 cm³/mol. The molecule has 0 saturated carbocycles. The zero-order valence-electron chi connectivity index (χ0n) is 18.5. The summed E-state index contributed by atoms with van der Waals surface area (Å²) >= 11 is 6.04. The highest BCUT2D eigenvalue weighted by atomic mass is 35.5. The number of sulfonamides is 1. The standard InChI is InChI=1S/C24H25ClN2O5S/c1-17-9-10-19(25)13-21(17)26-24(28)16-27(15-18-7-5-4-6-8-18)33(29,30)23-14-20(31-2)11-12-22(23)32-3/h4-14H,15-16H2,1-3H3,(H,26,28). The fraction of sp³-hybridized carbons (Fsp3) is 0.208. The van der Waals surface area contributed by atoms with Gasteiger partial charge in [0.1, 0.15) is 16.4 Å². The zero-order chi connectivity index (χ0) is 24.0. The van der Waals surface area contributed by atoms with Crippen molar-refractivity contribution in [3.8, 4) is 11.5 Å². The van der Waals surface area contributed by atoms with Crippen LogP contribution in [0.5, 0.6) is 11.5 Å². The van der Waals surface area contributed by atoms with E-state index in [9.17, 15) is 13.2 Å². The lowest BCUT2D eigenvalue weighted by Gasteiger charge is -2.23. The Morgan fingerprint density at radius 1 is 1.00 bits per heavy atom. The van der Waals surface area contributed by atoms with Gasteiger partial charge >= 0.3 is 0 Å². The molecule has 3 aromatic carbocycles. The van der Waals surface area contributed by atoms with Gasteiger partial charge in [-0.2, -0.15) is 4.31 Å². The largest absolute Gasteiger partial charge is 0.497 e. The Morgan fingerprint density at radius 3 is 2.39 bits per heavy atom. The number of carbonyl (C=O) groups excluding carboxylic acids is 1. The van der Waals surface area contributed by atoms with E-state index in [0.717, 1.165) is 15.4 Å². The summed E-state index contributed by atoms with van der Waals surface area (Å²) in [6.45, 7) is 1.40. The number of carbonyl (C=O) groups is 1. The SMILES string of the molecule is COc1ccc(OC)c(S(=O)(=O)N(CC(=O)Nc2cc(Cl)ccc2C)Cc2ccccc2)c1. The first-order valence-corrected chi connectivity index (χ1v) is 11.9. The molecule has 0 spiro atoms. The van der Waals surface area contributed by atoms with E-state index >= 15 is 0 Å². The number of rotatable bonds is 9. The van der Waals surface area contributed by atoms with E-state index in [0.29, 0.717) is 16.5 Å². The van der Waals surface area contributed by atoms with Gasteiger partial charge in [-0.05, 0) is 42.3 Å². The number of nitrogens with one attached hydrogen (secondary N) is 1. The molecular formula is C24H25ClN2O5S. The third-order valence-electron chi connectivity index (χ3n) is 4.98. The van der Waals surface area contributed by atoms with Crippen molar-refractivity contribution >= 4 is 33.2 Å². The number of benzene rings is 3. The van der Waals surface area contributed by atoms with E-state index in [4.69, 9.17) is 21.1 Å². The Hall–Kier alpha value is -3.07. The van der Waals surface area contributed by atoms with Gasteiger partial charge in [-0.25, -0.2) is 8.42 Å². The molecule has 7 nitrogen and oxygen atoms in total. The normalized spacial score (nSPS) is 11.3. The number of nitrogens with zero attached hydrogens (tertiary/aromatic N) is 1. The third kappa shape index (κ3) is 6.04. The zero-order valence-corrected chi connectivity index (χ0v) is 20.1. The second-order valence-corrected chi connectivity index (χ2v) is 9.63. The van der Waals surface area contributed by atoms with Gasteiger partial charge < -0.3 is 14.8 Å². The van der Waals surface area contributed by atoms with E-state index in [1.54, 1.807) is 36.4 Å². The van der Waals surface area contributed by atoms with E-state index in [2.05, 4.69) is 5.32 Å². The fourth-order valence-corrected chi connectivity index (χ4v) is 4.94. The second-order valence-electron chi connectivity index (χ2n) is 7.28. The number of halogens is 1. The van der Waals surface area contributed by atoms with Crippen molar-refractivity contribution in [1.82, 2.24) is 4.31 Å². The Labute approximate surface area is 198 Å². The minimum atomic E-state index is -4.14. The molecule has 0 radical (unpaired) electrons. The van der Waals surface area contributed by atoms with Crippen LogP contribution in [0.2, 0.25) is 5.02 Å². The maximum absolute atomic E-state index is 13.7. The predicted octanol–water partition coefficient (Wildman–Crippen LogP) is 4.50. The molecule has 1 amide bonds. The summed E-state index contributed by atoms with van der Waals surface area (Å²) in [5.41, 5.74) is 2.05. The highest BCUT2D eigenvalue weighted by molar-refractivity contribution is 7.89. The number of hydrogen-bond acceptors (Lipinski definition) is 5. The molecule has 0 heterocycles.